The summed E-state index contributed by atoms with van der Waals surface area (Å²) in [5.74, 6) is 0.0424. The van der Waals surface area contributed by atoms with Crippen LogP contribution in [0, 0.1) is 23.0 Å². The van der Waals surface area contributed by atoms with E-state index in [1.54, 1.807) is 11.8 Å². The van der Waals surface area contributed by atoms with E-state index in [2.05, 4.69) is 6.07 Å². The highest BCUT2D eigenvalue weighted by molar-refractivity contribution is 8.01. The van der Waals surface area contributed by atoms with E-state index in [-0.39, 0.29) is 6.42 Å². The van der Waals surface area contributed by atoms with Crippen molar-refractivity contribution in [2.75, 3.05) is 5.75 Å². The number of halogens is 2. The molecule has 1 heterocycles. The standard InChI is InChI=1S/C12H11F2NS/c13-10-2-3-11(14)9(6-10)7-12(8-15)4-1-5-16-12/h2-3,6H,1,4-5,7H2. The molecule has 0 bridgehead atoms. The first-order chi connectivity index (χ1) is 7.65. The van der Waals surface area contributed by atoms with Crippen molar-refractivity contribution in [1.82, 2.24) is 0 Å². The first kappa shape index (κ1) is 11.4. The van der Waals surface area contributed by atoms with Crippen LogP contribution in [0.4, 0.5) is 8.78 Å². The molecule has 1 aliphatic rings. The van der Waals surface area contributed by atoms with Crippen molar-refractivity contribution in [3.8, 4) is 6.07 Å². The smallest absolute Gasteiger partial charge is 0.126 e. The summed E-state index contributed by atoms with van der Waals surface area (Å²) in [6.45, 7) is 0. The Labute approximate surface area is 97.5 Å². The average Bonchev–Trinajstić information content (AvgIpc) is 2.73. The Kier molecular flexibility index (Phi) is 3.15. The van der Waals surface area contributed by atoms with Crippen LogP contribution in [0.15, 0.2) is 18.2 Å². The molecule has 0 aromatic heterocycles. The van der Waals surface area contributed by atoms with Gasteiger partial charge in [0.1, 0.15) is 16.4 Å². The first-order valence-electron chi connectivity index (χ1n) is 5.14. The molecule has 0 saturated carbocycles. The quantitative estimate of drug-likeness (QED) is 0.790. The van der Waals surface area contributed by atoms with Crippen LogP contribution < -0.4 is 0 Å². The van der Waals surface area contributed by atoms with Gasteiger partial charge in [0, 0.05) is 6.42 Å². The van der Waals surface area contributed by atoms with Crippen molar-refractivity contribution in [3.05, 3.63) is 35.4 Å². The van der Waals surface area contributed by atoms with Crippen LogP contribution in [-0.2, 0) is 6.42 Å². The average molecular weight is 239 g/mol. The summed E-state index contributed by atoms with van der Waals surface area (Å²) < 4.78 is 25.9. The number of thioether (sulfide) groups is 1. The second kappa shape index (κ2) is 4.42. The van der Waals surface area contributed by atoms with Gasteiger partial charge >= 0.3 is 0 Å². The zero-order valence-electron chi connectivity index (χ0n) is 8.67. The molecular weight excluding hydrogens is 228 g/mol. The van der Waals surface area contributed by atoms with Crippen molar-refractivity contribution in [2.24, 2.45) is 0 Å². The predicted octanol–water partition coefficient (Wildman–Crippen LogP) is 3.30. The Morgan fingerprint density at radius 1 is 1.44 bits per heavy atom. The van der Waals surface area contributed by atoms with Crippen LogP contribution in [0.5, 0.6) is 0 Å². The molecule has 1 unspecified atom stereocenters. The molecular formula is C12H11F2NS. The summed E-state index contributed by atoms with van der Waals surface area (Å²) in [7, 11) is 0. The summed E-state index contributed by atoms with van der Waals surface area (Å²) in [6.07, 6.45) is 2.01. The summed E-state index contributed by atoms with van der Waals surface area (Å²) in [5, 5.41) is 9.15. The third kappa shape index (κ3) is 2.19. The van der Waals surface area contributed by atoms with Gasteiger partial charge in [-0.05, 0) is 42.4 Å². The predicted molar refractivity (Wildman–Crippen MR) is 60.1 cm³/mol. The Morgan fingerprint density at radius 2 is 2.25 bits per heavy atom. The zero-order chi connectivity index (χ0) is 11.6. The normalized spacial score (nSPS) is 24.3. The molecule has 1 saturated heterocycles. The van der Waals surface area contributed by atoms with Crippen molar-refractivity contribution in [2.45, 2.75) is 24.0 Å². The van der Waals surface area contributed by atoms with Gasteiger partial charge in [0.15, 0.2) is 0 Å². The molecule has 84 valence electrons. The number of hydrogen-bond donors (Lipinski definition) is 0. The summed E-state index contributed by atoms with van der Waals surface area (Å²) >= 11 is 1.55. The van der Waals surface area contributed by atoms with Crippen molar-refractivity contribution in [1.29, 1.82) is 5.26 Å². The maximum atomic E-state index is 13.4. The van der Waals surface area contributed by atoms with Gasteiger partial charge in [-0.1, -0.05) is 0 Å². The molecule has 0 radical (unpaired) electrons. The van der Waals surface area contributed by atoms with E-state index < -0.39 is 16.4 Å². The lowest BCUT2D eigenvalue weighted by Gasteiger charge is -2.19. The lowest BCUT2D eigenvalue weighted by molar-refractivity contribution is 0.569. The fraction of sp³-hybridized carbons (Fsp3) is 0.417. The Bertz CT molecular complexity index is 433. The number of hydrogen-bond acceptors (Lipinski definition) is 2. The van der Waals surface area contributed by atoms with Gasteiger partial charge in [-0.2, -0.15) is 5.26 Å². The highest BCUT2D eigenvalue weighted by Gasteiger charge is 2.35. The van der Waals surface area contributed by atoms with E-state index in [1.165, 1.54) is 6.07 Å². The van der Waals surface area contributed by atoms with Gasteiger partial charge in [-0.25, -0.2) is 8.78 Å². The minimum atomic E-state index is -0.561. The van der Waals surface area contributed by atoms with E-state index in [4.69, 9.17) is 5.26 Å². The van der Waals surface area contributed by atoms with Gasteiger partial charge in [0.2, 0.25) is 0 Å². The van der Waals surface area contributed by atoms with Gasteiger partial charge < -0.3 is 0 Å². The first-order valence-corrected chi connectivity index (χ1v) is 6.13. The molecule has 0 amide bonds. The van der Waals surface area contributed by atoms with Crippen LogP contribution in [0.3, 0.4) is 0 Å². The Balaban J connectivity index is 2.26. The Hall–Kier alpha value is -1.08. The minimum Gasteiger partial charge on any atom is -0.207 e. The van der Waals surface area contributed by atoms with Crippen LogP contribution in [0.25, 0.3) is 0 Å². The fourth-order valence-corrected chi connectivity index (χ4v) is 3.24. The van der Waals surface area contributed by atoms with E-state index in [9.17, 15) is 8.78 Å². The third-order valence-electron chi connectivity index (χ3n) is 2.79. The van der Waals surface area contributed by atoms with Gasteiger partial charge in [0.05, 0.1) is 6.07 Å². The third-order valence-corrected chi connectivity index (χ3v) is 4.28. The van der Waals surface area contributed by atoms with Crippen LogP contribution >= 0.6 is 11.8 Å². The molecule has 1 aromatic carbocycles. The number of nitriles is 1. The lowest BCUT2D eigenvalue weighted by Crippen LogP contribution is -2.22. The monoisotopic (exact) mass is 239 g/mol. The second-order valence-electron chi connectivity index (χ2n) is 3.97. The van der Waals surface area contributed by atoms with Gasteiger partial charge in [-0.3, -0.25) is 0 Å². The number of nitrogens with zero attached hydrogens (tertiary/aromatic N) is 1. The minimum absolute atomic E-state index is 0.289. The molecule has 4 heteroatoms. The zero-order valence-corrected chi connectivity index (χ0v) is 9.49. The summed E-state index contributed by atoms with van der Waals surface area (Å²) in [6, 6.07) is 5.65. The second-order valence-corrected chi connectivity index (χ2v) is 5.45. The van der Waals surface area contributed by atoms with Crippen LogP contribution in [0.2, 0.25) is 0 Å². The highest BCUT2D eigenvalue weighted by atomic mass is 32.2. The maximum Gasteiger partial charge on any atom is 0.126 e. The van der Waals surface area contributed by atoms with E-state index >= 15 is 0 Å². The molecule has 0 N–H and O–H groups in total. The van der Waals surface area contributed by atoms with Crippen molar-refractivity contribution < 1.29 is 8.78 Å². The summed E-state index contributed by atoms with van der Waals surface area (Å²) in [5.41, 5.74) is 0.302. The molecule has 0 spiro atoms. The van der Waals surface area contributed by atoms with Crippen LogP contribution in [-0.4, -0.2) is 10.5 Å². The maximum absolute atomic E-state index is 13.4. The molecule has 1 atom stereocenters. The molecule has 1 aliphatic heterocycles. The largest absolute Gasteiger partial charge is 0.207 e. The fourth-order valence-electron chi connectivity index (χ4n) is 1.95. The van der Waals surface area contributed by atoms with Crippen molar-refractivity contribution >= 4 is 11.8 Å². The SMILES string of the molecule is N#CC1(Cc2cc(F)ccc2F)CCCS1. The van der Waals surface area contributed by atoms with E-state index in [0.29, 0.717) is 5.56 Å². The summed E-state index contributed by atoms with van der Waals surface area (Å²) in [4.78, 5) is 0. The lowest BCUT2D eigenvalue weighted by atomic mass is 9.95. The molecule has 2 rings (SSSR count). The topological polar surface area (TPSA) is 23.8 Å². The molecule has 16 heavy (non-hydrogen) atoms. The highest BCUT2D eigenvalue weighted by Crippen LogP contribution is 2.40. The number of benzene rings is 1. The van der Waals surface area contributed by atoms with Gasteiger partial charge in [0.25, 0.3) is 0 Å². The number of rotatable bonds is 2. The molecule has 1 fully saturated rings. The van der Waals surface area contributed by atoms with Crippen molar-refractivity contribution in [3.63, 3.8) is 0 Å². The molecule has 0 aliphatic carbocycles. The molecule has 1 nitrogen and oxygen atoms in total. The van der Waals surface area contributed by atoms with E-state index in [0.717, 1.165) is 30.7 Å². The van der Waals surface area contributed by atoms with Gasteiger partial charge in [-0.15, -0.1) is 11.8 Å². The molecule has 1 aromatic rings. The Morgan fingerprint density at radius 3 is 2.88 bits per heavy atom. The van der Waals surface area contributed by atoms with E-state index in [1.807, 2.05) is 0 Å². The van der Waals surface area contributed by atoms with Crippen LogP contribution in [0.1, 0.15) is 18.4 Å².